The number of hydrogen-bond donors (Lipinski definition) is 1. The van der Waals surface area contributed by atoms with Crippen LogP contribution in [0, 0.1) is 0 Å². The summed E-state index contributed by atoms with van der Waals surface area (Å²) in [5, 5.41) is 3.65. The lowest BCUT2D eigenvalue weighted by Crippen LogP contribution is -2.12. The molecule has 2 nitrogen and oxygen atoms in total. The first-order valence-electron chi connectivity index (χ1n) is 5.19. The molecule has 0 aliphatic carbocycles. The molecule has 0 bridgehead atoms. The van der Waals surface area contributed by atoms with Gasteiger partial charge >= 0.3 is 0 Å². The molecule has 0 heterocycles. The molecule has 2 aromatic carbocycles. The van der Waals surface area contributed by atoms with E-state index in [0.717, 1.165) is 4.47 Å². The molecule has 0 atom stereocenters. The largest absolute Gasteiger partial charge is 0.322 e. The van der Waals surface area contributed by atoms with Gasteiger partial charge in [-0.2, -0.15) is 0 Å². The van der Waals surface area contributed by atoms with E-state index in [4.69, 9.17) is 23.2 Å². The van der Waals surface area contributed by atoms with Crippen LogP contribution in [0.25, 0.3) is 0 Å². The molecule has 98 valence electrons. The van der Waals surface area contributed by atoms with Crippen LogP contribution in [0.4, 0.5) is 5.69 Å². The molecule has 0 spiro atoms. The Morgan fingerprint density at radius 1 is 1.05 bits per heavy atom. The Morgan fingerprint density at radius 3 is 2.47 bits per heavy atom. The summed E-state index contributed by atoms with van der Waals surface area (Å²) in [6.07, 6.45) is 0. The quantitative estimate of drug-likeness (QED) is 0.652. The van der Waals surface area contributed by atoms with Crippen LogP contribution >= 0.6 is 55.1 Å². The molecular weight excluding hydrogens is 417 g/mol. The predicted octanol–water partition coefficient (Wildman–Crippen LogP) is 5.77. The van der Waals surface area contributed by atoms with Crippen molar-refractivity contribution in [3.63, 3.8) is 0 Å². The maximum Gasteiger partial charge on any atom is 0.257 e. The minimum atomic E-state index is -0.287. The summed E-state index contributed by atoms with van der Waals surface area (Å²) in [6.45, 7) is 0. The van der Waals surface area contributed by atoms with Gasteiger partial charge in [0, 0.05) is 14.6 Å². The normalized spacial score (nSPS) is 10.3. The monoisotopic (exact) mass is 421 g/mol. The number of benzene rings is 2. The Morgan fingerprint density at radius 2 is 1.79 bits per heavy atom. The first-order valence-corrected chi connectivity index (χ1v) is 7.53. The Bertz CT molecular complexity index is 647. The van der Waals surface area contributed by atoms with Crippen molar-refractivity contribution < 1.29 is 4.79 Å². The third-order valence-electron chi connectivity index (χ3n) is 2.37. The van der Waals surface area contributed by atoms with E-state index in [9.17, 15) is 4.79 Å². The van der Waals surface area contributed by atoms with Crippen LogP contribution in [0.5, 0.6) is 0 Å². The van der Waals surface area contributed by atoms with Gasteiger partial charge in [0.15, 0.2) is 0 Å². The van der Waals surface area contributed by atoms with Crippen molar-refractivity contribution in [3.8, 4) is 0 Å². The van der Waals surface area contributed by atoms with E-state index < -0.39 is 0 Å². The summed E-state index contributed by atoms with van der Waals surface area (Å²) >= 11 is 18.6. The molecule has 19 heavy (non-hydrogen) atoms. The van der Waals surface area contributed by atoms with Gasteiger partial charge < -0.3 is 5.32 Å². The second-order valence-electron chi connectivity index (χ2n) is 3.68. The topological polar surface area (TPSA) is 29.1 Å². The van der Waals surface area contributed by atoms with Gasteiger partial charge in [-0.25, -0.2) is 0 Å². The van der Waals surface area contributed by atoms with Crippen LogP contribution in [0.3, 0.4) is 0 Å². The van der Waals surface area contributed by atoms with Crippen LogP contribution in [0.1, 0.15) is 10.4 Å². The molecule has 1 N–H and O–H groups in total. The van der Waals surface area contributed by atoms with Crippen molar-refractivity contribution >= 4 is 66.7 Å². The minimum absolute atomic E-state index is 0.287. The first-order chi connectivity index (χ1) is 8.99. The molecule has 1 amide bonds. The summed E-state index contributed by atoms with van der Waals surface area (Å²) in [5.74, 6) is -0.287. The number of nitrogens with one attached hydrogen (secondary N) is 1. The van der Waals surface area contributed by atoms with E-state index in [2.05, 4.69) is 37.2 Å². The van der Waals surface area contributed by atoms with Crippen molar-refractivity contribution in [2.75, 3.05) is 5.32 Å². The summed E-state index contributed by atoms with van der Waals surface area (Å²) < 4.78 is 1.45. The molecule has 0 radical (unpaired) electrons. The molecule has 2 aromatic rings. The van der Waals surface area contributed by atoms with Crippen molar-refractivity contribution in [2.45, 2.75) is 0 Å². The van der Waals surface area contributed by atoms with E-state index >= 15 is 0 Å². The number of amides is 1. The van der Waals surface area contributed by atoms with Gasteiger partial charge in [-0.15, -0.1) is 0 Å². The van der Waals surface area contributed by atoms with Crippen LogP contribution < -0.4 is 5.32 Å². The first kappa shape index (κ1) is 14.9. The van der Waals surface area contributed by atoms with Crippen molar-refractivity contribution in [3.05, 3.63) is 61.0 Å². The van der Waals surface area contributed by atoms with Gasteiger partial charge in [-0.05, 0) is 62.2 Å². The van der Waals surface area contributed by atoms with Gasteiger partial charge in [-0.1, -0.05) is 29.3 Å². The lowest BCUT2D eigenvalue weighted by molar-refractivity contribution is 0.102. The number of hydrogen-bond acceptors (Lipinski definition) is 1. The van der Waals surface area contributed by atoms with E-state index in [1.807, 2.05) is 0 Å². The molecule has 0 saturated heterocycles. The van der Waals surface area contributed by atoms with Crippen molar-refractivity contribution in [2.24, 2.45) is 0 Å². The fourth-order valence-electron chi connectivity index (χ4n) is 1.45. The van der Waals surface area contributed by atoms with Crippen LogP contribution in [-0.4, -0.2) is 5.91 Å². The van der Waals surface area contributed by atoms with E-state index in [1.165, 1.54) is 0 Å². The number of carbonyl (C=O) groups excluding carboxylic acids is 1. The third-order valence-corrected chi connectivity index (χ3v) is 4.90. The van der Waals surface area contributed by atoms with E-state index in [1.54, 1.807) is 36.4 Å². The maximum absolute atomic E-state index is 12.1. The number of rotatable bonds is 2. The number of carbonyl (C=O) groups is 1. The molecule has 0 saturated carbocycles. The third kappa shape index (κ3) is 3.51. The number of anilines is 1. The predicted molar refractivity (Wildman–Crippen MR) is 86.3 cm³/mol. The van der Waals surface area contributed by atoms with E-state index in [0.29, 0.717) is 25.8 Å². The highest BCUT2D eigenvalue weighted by Gasteiger charge is 2.12. The molecule has 6 heteroatoms. The van der Waals surface area contributed by atoms with Crippen LogP contribution in [-0.2, 0) is 0 Å². The standard InChI is InChI=1S/C13H7Br2Cl2NO/c14-9-5-4-7(6-11(9)16)18-13(19)8-2-1-3-10(15)12(8)17/h1-6H,(H,18,19). The van der Waals surface area contributed by atoms with Gasteiger partial charge in [0.25, 0.3) is 5.91 Å². The Labute approximate surface area is 137 Å². The van der Waals surface area contributed by atoms with Gasteiger partial charge in [0.05, 0.1) is 15.6 Å². The fraction of sp³-hybridized carbons (Fsp3) is 0. The lowest BCUT2D eigenvalue weighted by Gasteiger charge is -2.08. The molecule has 0 aliphatic heterocycles. The van der Waals surface area contributed by atoms with Crippen molar-refractivity contribution in [1.82, 2.24) is 0 Å². The average Bonchev–Trinajstić information content (AvgIpc) is 2.37. The molecule has 2 rings (SSSR count). The smallest absolute Gasteiger partial charge is 0.257 e. The Hall–Kier alpha value is -0.550. The van der Waals surface area contributed by atoms with E-state index in [-0.39, 0.29) is 5.91 Å². The SMILES string of the molecule is O=C(Nc1ccc(Br)c(Cl)c1)c1cccc(Br)c1Cl. The van der Waals surface area contributed by atoms with Gasteiger partial charge in [0.2, 0.25) is 0 Å². The summed E-state index contributed by atoms with van der Waals surface area (Å²) in [5.41, 5.74) is 1.00. The molecule has 0 unspecified atom stereocenters. The highest BCUT2D eigenvalue weighted by molar-refractivity contribution is 9.10. The molecule has 0 aliphatic rings. The summed E-state index contributed by atoms with van der Waals surface area (Å²) in [4.78, 5) is 12.1. The Kier molecular flexibility index (Phi) is 4.90. The molecular formula is C13H7Br2Cl2NO. The zero-order valence-corrected chi connectivity index (χ0v) is 14.1. The van der Waals surface area contributed by atoms with Crippen LogP contribution in [0.15, 0.2) is 45.3 Å². The highest BCUT2D eigenvalue weighted by Crippen LogP contribution is 2.28. The summed E-state index contributed by atoms with van der Waals surface area (Å²) in [6, 6.07) is 10.4. The average molecular weight is 424 g/mol. The second kappa shape index (κ2) is 6.27. The number of halogens is 4. The minimum Gasteiger partial charge on any atom is -0.322 e. The highest BCUT2D eigenvalue weighted by atomic mass is 79.9. The summed E-state index contributed by atoms with van der Waals surface area (Å²) in [7, 11) is 0. The zero-order valence-electron chi connectivity index (χ0n) is 9.38. The molecule has 0 aromatic heterocycles. The molecule has 0 fully saturated rings. The van der Waals surface area contributed by atoms with Gasteiger partial charge in [-0.3, -0.25) is 4.79 Å². The Balaban J connectivity index is 2.26. The zero-order chi connectivity index (χ0) is 14.0. The van der Waals surface area contributed by atoms with Crippen LogP contribution in [0.2, 0.25) is 10.0 Å². The van der Waals surface area contributed by atoms with Crippen molar-refractivity contribution in [1.29, 1.82) is 0 Å². The maximum atomic E-state index is 12.1. The lowest BCUT2D eigenvalue weighted by atomic mass is 10.2. The fourth-order valence-corrected chi connectivity index (χ4v) is 2.46. The van der Waals surface area contributed by atoms with Gasteiger partial charge in [0.1, 0.15) is 0 Å². The second-order valence-corrected chi connectivity index (χ2v) is 6.18.